The van der Waals surface area contributed by atoms with E-state index in [1.54, 1.807) is 6.92 Å². The summed E-state index contributed by atoms with van der Waals surface area (Å²) >= 11 is 0. The largest absolute Gasteiger partial charge is 0.697 e. The van der Waals surface area contributed by atoms with Gasteiger partial charge in [-0.15, -0.1) is 9.05 Å². The molecule has 0 radical (unpaired) electrons. The second kappa shape index (κ2) is 9.15. The summed E-state index contributed by atoms with van der Waals surface area (Å²) in [6.07, 6.45) is 1.92. The van der Waals surface area contributed by atoms with Crippen LogP contribution in [0.5, 0.6) is 0 Å². The van der Waals surface area contributed by atoms with Crippen molar-refractivity contribution in [3.05, 3.63) is 92.3 Å². The molecule has 3 atom stereocenters. The molecule has 2 aliphatic rings. The molecule has 1 N–H and O–H groups in total. The van der Waals surface area contributed by atoms with E-state index >= 15 is 0 Å². The number of ether oxygens (including phenoxy) is 1. The van der Waals surface area contributed by atoms with Crippen molar-refractivity contribution in [2.24, 2.45) is 0 Å². The van der Waals surface area contributed by atoms with Crippen molar-refractivity contribution in [2.75, 3.05) is 13.2 Å². The van der Waals surface area contributed by atoms with Gasteiger partial charge >= 0.3 is 13.9 Å². The average Bonchev–Trinajstić information content (AvgIpc) is 3.41. The number of nitrogens with one attached hydrogen (secondary N) is 1. The number of benzene rings is 2. The number of hydrogen-bond acceptors (Lipinski definition) is 6. The molecule has 9 heteroatoms. The number of hydrogen-bond donors (Lipinski definition) is 1. The third kappa shape index (κ3) is 4.35. The van der Waals surface area contributed by atoms with Gasteiger partial charge in [-0.2, -0.15) is 0 Å². The lowest BCUT2D eigenvalue weighted by Gasteiger charge is -2.14. The number of aromatic nitrogens is 2. The molecule has 170 valence electrons. The summed E-state index contributed by atoms with van der Waals surface area (Å²) in [4.78, 5) is 25.9. The maximum absolute atomic E-state index is 12.4. The monoisotopic (exact) mass is 467 g/mol. The molecule has 3 aromatic rings. The van der Waals surface area contributed by atoms with Gasteiger partial charge in [-0.05, 0) is 42.0 Å². The van der Waals surface area contributed by atoms with E-state index in [-0.39, 0.29) is 25.2 Å². The first-order valence-corrected chi connectivity index (χ1v) is 12.0. The minimum atomic E-state index is -2.32. The predicted octanol–water partition coefficient (Wildman–Crippen LogP) is 4.03. The van der Waals surface area contributed by atoms with Gasteiger partial charge in [0.1, 0.15) is 19.4 Å². The molecule has 0 saturated carbocycles. The standard InChI is InChI=1S/C24H23N2O6P/c1-15-12-26(24(28)25-23(15)27)22-11-10-16(32-22)13-30-33(29)31-14-21-19-8-4-2-6-17(19)18-7-3-5-9-20(18)21/h2-9,12,16,21-22H,10-11,13-14H2,1H3/p+1/t16-,22+/m0/s1. The van der Waals surface area contributed by atoms with E-state index in [1.807, 2.05) is 24.3 Å². The normalized spacial score (nSPS) is 20.0. The quantitative estimate of drug-likeness (QED) is 0.527. The summed E-state index contributed by atoms with van der Waals surface area (Å²) in [6, 6.07) is 16.4. The highest BCUT2D eigenvalue weighted by Crippen LogP contribution is 2.45. The SMILES string of the molecule is Cc1cn([C@H]2CC[C@@H](CO[P+](=O)OCC3c4ccccc4-c4ccccc43)O2)c(=O)[nH]c1=O. The Kier molecular flexibility index (Phi) is 6.08. The molecule has 0 bridgehead atoms. The second-order valence-corrected chi connectivity index (χ2v) is 9.27. The lowest BCUT2D eigenvalue weighted by Crippen LogP contribution is -2.33. The number of rotatable bonds is 7. The van der Waals surface area contributed by atoms with Crippen molar-refractivity contribution in [2.45, 2.75) is 38.0 Å². The van der Waals surface area contributed by atoms with E-state index in [0.29, 0.717) is 18.4 Å². The highest BCUT2D eigenvalue weighted by atomic mass is 31.1. The second-order valence-electron chi connectivity index (χ2n) is 8.31. The van der Waals surface area contributed by atoms with E-state index in [0.717, 1.165) is 11.1 Å². The molecule has 1 aromatic heterocycles. The average molecular weight is 467 g/mol. The van der Waals surface area contributed by atoms with Crippen LogP contribution in [0.4, 0.5) is 0 Å². The van der Waals surface area contributed by atoms with E-state index in [2.05, 4.69) is 29.2 Å². The third-order valence-electron chi connectivity index (χ3n) is 6.22. The van der Waals surface area contributed by atoms with Crippen LogP contribution in [-0.2, 0) is 18.3 Å². The zero-order chi connectivity index (χ0) is 22.9. The molecule has 2 aromatic carbocycles. The maximum Gasteiger partial charge on any atom is 0.697 e. The molecule has 0 amide bonds. The van der Waals surface area contributed by atoms with Gasteiger partial charge in [-0.3, -0.25) is 14.3 Å². The van der Waals surface area contributed by atoms with Crippen molar-refractivity contribution in [1.29, 1.82) is 0 Å². The van der Waals surface area contributed by atoms with Crippen molar-refractivity contribution >= 4 is 8.25 Å². The van der Waals surface area contributed by atoms with Gasteiger partial charge in [-0.1, -0.05) is 48.5 Å². The first-order chi connectivity index (χ1) is 16.0. The van der Waals surface area contributed by atoms with Crippen LogP contribution >= 0.6 is 8.25 Å². The fourth-order valence-electron chi connectivity index (χ4n) is 4.57. The van der Waals surface area contributed by atoms with E-state index in [9.17, 15) is 14.2 Å². The molecule has 2 heterocycles. The Morgan fingerprint density at radius 2 is 1.64 bits per heavy atom. The maximum atomic E-state index is 12.4. The lowest BCUT2D eigenvalue weighted by molar-refractivity contribution is -0.0212. The number of aryl methyl sites for hydroxylation is 1. The Hall–Kier alpha value is -2.90. The molecule has 1 unspecified atom stereocenters. The fraction of sp³-hybridized carbons (Fsp3) is 0.333. The summed E-state index contributed by atoms with van der Waals surface area (Å²) < 4.78 is 30.7. The first kappa shape index (κ1) is 21.9. The van der Waals surface area contributed by atoms with Crippen molar-refractivity contribution in [1.82, 2.24) is 9.55 Å². The summed E-state index contributed by atoms with van der Waals surface area (Å²) in [5.74, 6) is 0.00223. The van der Waals surface area contributed by atoms with Crippen LogP contribution in [0.15, 0.2) is 64.3 Å². The highest BCUT2D eigenvalue weighted by molar-refractivity contribution is 7.33. The smallest absolute Gasteiger partial charge is 0.352 e. The zero-order valence-electron chi connectivity index (χ0n) is 18.1. The topological polar surface area (TPSA) is 99.6 Å². The first-order valence-electron chi connectivity index (χ1n) is 10.9. The predicted molar refractivity (Wildman–Crippen MR) is 122 cm³/mol. The lowest BCUT2D eigenvalue weighted by atomic mass is 9.98. The van der Waals surface area contributed by atoms with Crippen LogP contribution in [0.2, 0.25) is 0 Å². The van der Waals surface area contributed by atoms with Gasteiger partial charge in [0.05, 0.1) is 6.10 Å². The van der Waals surface area contributed by atoms with Crippen LogP contribution in [0.3, 0.4) is 0 Å². The molecule has 1 fully saturated rings. The molecule has 0 spiro atoms. The van der Waals surface area contributed by atoms with Gasteiger partial charge in [0.2, 0.25) is 0 Å². The molecule has 1 aliphatic heterocycles. The Morgan fingerprint density at radius 3 is 2.33 bits per heavy atom. The van der Waals surface area contributed by atoms with Gasteiger partial charge in [0.15, 0.2) is 0 Å². The Balaban J connectivity index is 1.16. The van der Waals surface area contributed by atoms with Gasteiger partial charge in [0.25, 0.3) is 5.56 Å². The minimum absolute atomic E-state index is 0.00223. The Morgan fingerprint density at radius 1 is 1.00 bits per heavy atom. The zero-order valence-corrected chi connectivity index (χ0v) is 19.0. The Labute approximate surface area is 191 Å². The van der Waals surface area contributed by atoms with Gasteiger partial charge in [0, 0.05) is 22.2 Å². The van der Waals surface area contributed by atoms with E-state index in [1.165, 1.54) is 21.9 Å². The minimum Gasteiger partial charge on any atom is -0.352 e. The summed E-state index contributed by atoms with van der Waals surface area (Å²) in [5, 5.41) is 0. The Bertz CT molecular complexity index is 1270. The molecule has 1 aliphatic carbocycles. The molecule has 1 saturated heterocycles. The van der Waals surface area contributed by atoms with Crippen LogP contribution in [-0.4, -0.2) is 28.9 Å². The van der Waals surface area contributed by atoms with Crippen molar-refractivity contribution in [3.63, 3.8) is 0 Å². The highest BCUT2D eigenvalue weighted by Gasteiger charge is 2.34. The number of fused-ring (bicyclic) bond motifs is 3. The van der Waals surface area contributed by atoms with Gasteiger partial charge in [-0.25, -0.2) is 4.79 Å². The molecule has 8 nitrogen and oxygen atoms in total. The van der Waals surface area contributed by atoms with Crippen LogP contribution in [0, 0.1) is 6.92 Å². The fourth-order valence-corrected chi connectivity index (χ4v) is 5.20. The van der Waals surface area contributed by atoms with Crippen LogP contribution in [0.1, 0.15) is 41.7 Å². The molecule has 5 rings (SSSR count). The van der Waals surface area contributed by atoms with E-state index in [4.69, 9.17) is 13.8 Å². The van der Waals surface area contributed by atoms with E-state index < -0.39 is 25.7 Å². The molecular formula is C24H24N2O6P+. The summed E-state index contributed by atoms with van der Waals surface area (Å²) in [7, 11) is -2.32. The number of nitrogens with zero attached hydrogens (tertiary/aromatic N) is 1. The summed E-state index contributed by atoms with van der Waals surface area (Å²) in [6.45, 7) is 1.98. The van der Waals surface area contributed by atoms with Crippen molar-refractivity contribution < 1.29 is 18.3 Å². The van der Waals surface area contributed by atoms with Crippen LogP contribution in [0.25, 0.3) is 11.1 Å². The van der Waals surface area contributed by atoms with Gasteiger partial charge < -0.3 is 4.74 Å². The van der Waals surface area contributed by atoms with Crippen molar-refractivity contribution in [3.8, 4) is 11.1 Å². The molecule has 33 heavy (non-hydrogen) atoms. The molecular weight excluding hydrogens is 443 g/mol. The third-order valence-corrected chi connectivity index (χ3v) is 6.94. The summed E-state index contributed by atoms with van der Waals surface area (Å²) in [5.41, 5.74) is 4.19. The number of aromatic amines is 1. The van der Waals surface area contributed by atoms with Crippen LogP contribution < -0.4 is 11.2 Å². The number of H-pyrrole nitrogens is 1.